The van der Waals surface area contributed by atoms with E-state index in [1.807, 2.05) is 48.5 Å². The van der Waals surface area contributed by atoms with Crippen LogP contribution in [0.2, 0.25) is 0 Å². The first-order chi connectivity index (χ1) is 14.7. The number of amides is 1. The van der Waals surface area contributed by atoms with E-state index in [1.165, 1.54) is 11.8 Å². The lowest BCUT2D eigenvalue weighted by Crippen LogP contribution is -2.31. The zero-order valence-electron chi connectivity index (χ0n) is 16.8. The highest BCUT2D eigenvalue weighted by Gasteiger charge is 2.33. The second-order valence-corrected chi connectivity index (χ2v) is 7.97. The molecular formula is C22H23N3O4S. The topological polar surface area (TPSA) is 86.5 Å². The largest absolute Gasteiger partial charge is 0.497 e. The van der Waals surface area contributed by atoms with Crippen LogP contribution in [-0.4, -0.2) is 36.1 Å². The van der Waals surface area contributed by atoms with Crippen LogP contribution in [0.3, 0.4) is 0 Å². The minimum atomic E-state index is -0.0584. The minimum absolute atomic E-state index is 0.0153. The van der Waals surface area contributed by atoms with Gasteiger partial charge in [0, 0.05) is 5.56 Å². The molecular weight excluding hydrogens is 402 g/mol. The molecule has 7 nitrogen and oxygen atoms in total. The summed E-state index contributed by atoms with van der Waals surface area (Å²) in [5.41, 5.74) is 1.89. The van der Waals surface area contributed by atoms with Gasteiger partial charge in [-0.15, -0.1) is 10.2 Å². The second-order valence-electron chi connectivity index (χ2n) is 7.05. The van der Waals surface area contributed by atoms with Crippen LogP contribution in [0.5, 0.6) is 11.5 Å². The Morgan fingerprint density at radius 3 is 2.30 bits per heavy atom. The fraction of sp³-hybridized carbons (Fsp3) is 0.318. The normalized spacial score (nSPS) is 14.2. The SMILES string of the molecule is COc1ccc(-c2nnc(SCC(=O)NC(c3ccc(OC)cc3)C3CC3)o2)cc1. The maximum Gasteiger partial charge on any atom is 0.277 e. The van der Waals surface area contributed by atoms with E-state index in [9.17, 15) is 4.79 Å². The van der Waals surface area contributed by atoms with Crippen molar-refractivity contribution in [3.8, 4) is 23.0 Å². The van der Waals surface area contributed by atoms with Crippen molar-refractivity contribution in [1.82, 2.24) is 15.5 Å². The lowest BCUT2D eigenvalue weighted by molar-refractivity contribution is -0.119. The maximum atomic E-state index is 12.5. The summed E-state index contributed by atoms with van der Waals surface area (Å²) >= 11 is 1.23. The van der Waals surface area contributed by atoms with Gasteiger partial charge in [-0.2, -0.15) is 0 Å². The fourth-order valence-corrected chi connectivity index (χ4v) is 3.75. The first-order valence-corrected chi connectivity index (χ1v) is 10.7. The first kappa shape index (κ1) is 20.3. The van der Waals surface area contributed by atoms with Gasteiger partial charge < -0.3 is 19.2 Å². The van der Waals surface area contributed by atoms with Gasteiger partial charge in [-0.25, -0.2) is 0 Å². The van der Waals surface area contributed by atoms with Crippen LogP contribution >= 0.6 is 11.8 Å². The number of hydrogen-bond acceptors (Lipinski definition) is 7. The Bertz CT molecular complexity index is 984. The van der Waals surface area contributed by atoms with E-state index < -0.39 is 0 Å². The van der Waals surface area contributed by atoms with Crippen LogP contribution in [0, 0.1) is 5.92 Å². The third kappa shape index (κ3) is 4.94. The highest BCUT2D eigenvalue weighted by molar-refractivity contribution is 7.99. The smallest absolute Gasteiger partial charge is 0.277 e. The molecule has 0 saturated heterocycles. The van der Waals surface area contributed by atoms with E-state index in [2.05, 4.69) is 15.5 Å². The molecule has 1 aromatic heterocycles. The Hall–Kier alpha value is -3.00. The molecule has 1 aliphatic rings. The number of carbonyl (C=O) groups excluding carboxylic acids is 1. The van der Waals surface area contributed by atoms with E-state index in [-0.39, 0.29) is 17.7 Å². The molecule has 1 saturated carbocycles. The molecule has 0 bridgehead atoms. The monoisotopic (exact) mass is 425 g/mol. The molecule has 1 N–H and O–H groups in total. The Labute approximate surface area is 179 Å². The lowest BCUT2D eigenvalue weighted by Gasteiger charge is -2.19. The quantitative estimate of drug-likeness (QED) is 0.516. The summed E-state index contributed by atoms with van der Waals surface area (Å²) in [6, 6.07) is 15.2. The van der Waals surface area contributed by atoms with Gasteiger partial charge in [0.1, 0.15) is 11.5 Å². The van der Waals surface area contributed by atoms with Crippen molar-refractivity contribution in [2.45, 2.75) is 24.1 Å². The number of methoxy groups -OCH3 is 2. The number of ether oxygens (including phenoxy) is 2. The zero-order valence-corrected chi connectivity index (χ0v) is 17.6. The summed E-state index contributed by atoms with van der Waals surface area (Å²) in [7, 11) is 3.26. The van der Waals surface area contributed by atoms with Crippen molar-refractivity contribution in [1.29, 1.82) is 0 Å². The number of benzene rings is 2. The average Bonchev–Trinajstić information content (AvgIpc) is 3.53. The summed E-state index contributed by atoms with van der Waals surface area (Å²) in [5.74, 6) is 2.61. The van der Waals surface area contributed by atoms with Crippen molar-refractivity contribution >= 4 is 17.7 Å². The third-order valence-corrected chi connectivity index (χ3v) is 5.77. The van der Waals surface area contributed by atoms with Gasteiger partial charge in [-0.05, 0) is 60.7 Å². The fourth-order valence-electron chi connectivity index (χ4n) is 3.17. The summed E-state index contributed by atoms with van der Waals surface area (Å²) in [5, 5.41) is 11.6. The molecule has 1 fully saturated rings. The van der Waals surface area contributed by atoms with Crippen molar-refractivity contribution in [3.05, 3.63) is 54.1 Å². The highest BCUT2D eigenvalue weighted by atomic mass is 32.2. The minimum Gasteiger partial charge on any atom is -0.497 e. The van der Waals surface area contributed by atoms with Gasteiger partial charge >= 0.3 is 0 Å². The van der Waals surface area contributed by atoms with E-state index in [4.69, 9.17) is 13.9 Å². The standard InChI is InChI=1S/C22H23N3O4S/c1-27-17-9-5-15(6-10-17)20(14-3-4-14)23-19(26)13-30-22-25-24-21(29-22)16-7-11-18(28-2)12-8-16/h5-12,14,20H,3-4,13H2,1-2H3,(H,23,26). The van der Waals surface area contributed by atoms with Gasteiger partial charge in [0.05, 0.1) is 26.0 Å². The molecule has 0 spiro atoms. The molecule has 0 radical (unpaired) electrons. The van der Waals surface area contributed by atoms with Crippen LogP contribution in [0.4, 0.5) is 0 Å². The number of nitrogens with zero attached hydrogens (tertiary/aromatic N) is 2. The number of nitrogens with one attached hydrogen (secondary N) is 1. The van der Waals surface area contributed by atoms with Crippen molar-refractivity contribution in [3.63, 3.8) is 0 Å². The molecule has 8 heteroatoms. The van der Waals surface area contributed by atoms with Crippen molar-refractivity contribution in [2.24, 2.45) is 5.92 Å². The zero-order chi connectivity index (χ0) is 20.9. The van der Waals surface area contributed by atoms with Gasteiger partial charge in [0.2, 0.25) is 11.8 Å². The van der Waals surface area contributed by atoms with E-state index in [0.717, 1.165) is 35.5 Å². The Kier molecular flexibility index (Phi) is 6.23. The van der Waals surface area contributed by atoms with Crippen LogP contribution in [-0.2, 0) is 4.79 Å². The lowest BCUT2D eigenvalue weighted by atomic mass is 10.0. The molecule has 30 heavy (non-hydrogen) atoms. The van der Waals surface area contributed by atoms with E-state index in [0.29, 0.717) is 17.0 Å². The summed E-state index contributed by atoms with van der Waals surface area (Å²) in [4.78, 5) is 12.5. The summed E-state index contributed by atoms with van der Waals surface area (Å²) in [6.07, 6.45) is 2.25. The molecule has 1 unspecified atom stereocenters. The predicted molar refractivity (Wildman–Crippen MR) is 114 cm³/mol. The van der Waals surface area contributed by atoms with Gasteiger partial charge in [0.25, 0.3) is 5.22 Å². The molecule has 4 rings (SSSR count). The van der Waals surface area contributed by atoms with E-state index >= 15 is 0 Å². The first-order valence-electron chi connectivity index (χ1n) is 9.70. The Balaban J connectivity index is 1.34. The predicted octanol–water partition coefficient (Wildman–Crippen LogP) is 4.11. The number of aromatic nitrogens is 2. The molecule has 0 aliphatic heterocycles. The van der Waals surface area contributed by atoms with Crippen LogP contribution in [0.15, 0.2) is 58.2 Å². The molecule has 3 aromatic rings. The second kappa shape index (κ2) is 9.21. The van der Waals surface area contributed by atoms with Crippen LogP contribution < -0.4 is 14.8 Å². The Morgan fingerprint density at radius 1 is 1.07 bits per heavy atom. The highest BCUT2D eigenvalue weighted by Crippen LogP contribution is 2.41. The number of hydrogen-bond donors (Lipinski definition) is 1. The van der Waals surface area contributed by atoms with Crippen LogP contribution in [0.1, 0.15) is 24.4 Å². The molecule has 2 aromatic carbocycles. The number of rotatable bonds is 9. The summed E-state index contributed by atoms with van der Waals surface area (Å²) in [6.45, 7) is 0. The van der Waals surface area contributed by atoms with E-state index in [1.54, 1.807) is 14.2 Å². The van der Waals surface area contributed by atoms with Gasteiger partial charge in [-0.3, -0.25) is 4.79 Å². The summed E-state index contributed by atoms with van der Waals surface area (Å²) < 4.78 is 16.0. The maximum absolute atomic E-state index is 12.5. The Morgan fingerprint density at radius 2 is 1.70 bits per heavy atom. The molecule has 1 atom stereocenters. The van der Waals surface area contributed by atoms with Crippen molar-refractivity contribution < 1.29 is 18.7 Å². The van der Waals surface area contributed by atoms with Gasteiger partial charge in [-0.1, -0.05) is 23.9 Å². The van der Waals surface area contributed by atoms with Gasteiger partial charge in [0.15, 0.2) is 0 Å². The molecule has 156 valence electrons. The number of thioether (sulfide) groups is 1. The third-order valence-electron chi connectivity index (χ3n) is 4.95. The number of carbonyl (C=O) groups is 1. The molecule has 1 aliphatic carbocycles. The van der Waals surface area contributed by atoms with Crippen molar-refractivity contribution in [2.75, 3.05) is 20.0 Å². The average molecular weight is 426 g/mol. The van der Waals surface area contributed by atoms with Crippen LogP contribution in [0.25, 0.3) is 11.5 Å². The molecule has 1 heterocycles. The molecule has 1 amide bonds.